The molecule has 102 valence electrons. The topological polar surface area (TPSA) is 49.6 Å². The highest BCUT2D eigenvalue weighted by Crippen LogP contribution is 2.25. The summed E-state index contributed by atoms with van der Waals surface area (Å²) in [4.78, 5) is 16.1. The van der Waals surface area contributed by atoms with Crippen LogP contribution in [0.15, 0.2) is 24.3 Å². The van der Waals surface area contributed by atoms with Gasteiger partial charge in [-0.25, -0.2) is 0 Å². The number of hydrogen-bond acceptors (Lipinski definition) is 3. The van der Waals surface area contributed by atoms with E-state index in [1.165, 1.54) is 24.9 Å². The van der Waals surface area contributed by atoms with Crippen molar-refractivity contribution in [3.63, 3.8) is 0 Å². The summed E-state index contributed by atoms with van der Waals surface area (Å²) >= 11 is 0. The van der Waals surface area contributed by atoms with Crippen LogP contribution in [-0.4, -0.2) is 31.6 Å². The van der Waals surface area contributed by atoms with E-state index in [4.69, 9.17) is 5.73 Å². The number of rotatable bonds is 2. The molecule has 2 aliphatic rings. The average molecular weight is 259 g/mol. The molecule has 2 aliphatic heterocycles. The predicted octanol–water partition coefficient (Wildman–Crippen LogP) is 1.74. The molecule has 1 aromatic carbocycles. The van der Waals surface area contributed by atoms with Gasteiger partial charge in [-0.05, 0) is 49.9 Å². The molecule has 2 saturated heterocycles. The second-order valence-corrected chi connectivity index (χ2v) is 5.45. The van der Waals surface area contributed by atoms with Gasteiger partial charge in [0.05, 0.1) is 6.04 Å². The lowest BCUT2D eigenvalue weighted by molar-refractivity contribution is -0.118. The van der Waals surface area contributed by atoms with Crippen molar-refractivity contribution in [2.75, 3.05) is 29.4 Å². The van der Waals surface area contributed by atoms with Crippen molar-refractivity contribution in [1.82, 2.24) is 0 Å². The molecule has 0 aromatic heterocycles. The molecular formula is C15H21N3O. The maximum atomic E-state index is 11.9. The second kappa shape index (κ2) is 5.21. The minimum absolute atomic E-state index is 0.0470. The third-order valence-corrected chi connectivity index (χ3v) is 4.13. The molecule has 1 atom stereocenters. The molecule has 2 fully saturated rings. The van der Waals surface area contributed by atoms with Crippen molar-refractivity contribution in [2.24, 2.45) is 5.73 Å². The molecule has 0 bridgehead atoms. The number of hydrogen-bond donors (Lipinski definition) is 1. The fourth-order valence-electron chi connectivity index (χ4n) is 2.95. The molecule has 3 rings (SSSR count). The average Bonchev–Trinajstić information content (AvgIpc) is 2.80. The van der Waals surface area contributed by atoms with E-state index >= 15 is 0 Å². The first-order chi connectivity index (χ1) is 9.25. The summed E-state index contributed by atoms with van der Waals surface area (Å²) in [6, 6.07) is 8.01. The fraction of sp³-hybridized carbons (Fsp3) is 0.533. The van der Waals surface area contributed by atoms with Crippen molar-refractivity contribution < 1.29 is 4.79 Å². The first-order valence-corrected chi connectivity index (χ1v) is 7.18. The normalized spacial score (nSPS) is 24.1. The largest absolute Gasteiger partial charge is 0.372 e. The Labute approximate surface area is 114 Å². The van der Waals surface area contributed by atoms with Crippen molar-refractivity contribution in [3.8, 4) is 0 Å². The van der Waals surface area contributed by atoms with Gasteiger partial charge in [0.1, 0.15) is 0 Å². The van der Waals surface area contributed by atoms with Gasteiger partial charge in [-0.3, -0.25) is 4.79 Å². The monoisotopic (exact) mass is 259 g/mol. The molecule has 0 radical (unpaired) electrons. The van der Waals surface area contributed by atoms with E-state index in [-0.39, 0.29) is 11.9 Å². The maximum Gasteiger partial charge on any atom is 0.243 e. The Morgan fingerprint density at radius 2 is 1.58 bits per heavy atom. The molecule has 1 unspecified atom stereocenters. The van der Waals surface area contributed by atoms with Crippen LogP contribution in [0, 0.1) is 0 Å². The molecule has 19 heavy (non-hydrogen) atoms. The Morgan fingerprint density at radius 3 is 2.16 bits per heavy atom. The van der Waals surface area contributed by atoms with E-state index < -0.39 is 0 Å². The highest BCUT2D eigenvalue weighted by atomic mass is 16.2. The molecule has 4 nitrogen and oxygen atoms in total. The number of nitrogens with zero attached hydrogens (tertiary/aromatic N) is 2. The van der Waals surface area contributed by atoms with Crippen LogP contribution >= 0.6 is 0 Å². The van der Waals surface area contributed by atoms with Crippen LogP contribution < -0.4 is 15.5 Å². The van der Waals surface area contributed by atoms with Crippen molar-refractivity contribution in [1.29, 1.82) is 0 Å². The van der Waals surface area contributed by atoms with E-state index in [1.54, 1.807) is 4.90 Å². The SMILES string of the molecule is NC1CCN(c2ccc(N3CCCCC3)cc2)C1=O. The third-order valence-electron chi connectivity index (χ3n) is 4.13. The Kier molecular flexibility index (Phi) is 3.42. The summed E-state index contributed by atoms with van der Waals surface area (Å²) in [5.74, 6) is 0.0470. The highest BCUT2D eigenvalue weighted by Gasteiger charge is 2.29. The molecule has 1 aromatic rings. The lowest BCUT2D eigenvalue weighted by atomic mass is 10.1. The van der Waals surface area contributed by atoms with Crippen LogP contribution in [0.25, 0.3) is 0 Å². The highest BCUT2D eigenvalue weighted by molar-refractivity contribution is 5.99. The van der Waals surface area contributed by atoms with Crippen LogP contribution in [0.5, 0.6) is 0 Å². The van der Waals surface area contributed by atoms with Crippen LogP contribution in [0.4, 0.5) is 11.4 Å². The minimum atomic E-state index is -0.318. The molecule has 2 heterocycles. The van der Waals surface area contributed by atoms with Crippen molar-refractivity contribution >= 4 is 17.3 Å². The molecule has 0 aliphatic carbocycles. The smallest absolute Gasteiger partial charge is 0.243 e. The molecular weight excluding hydrogens is 238 g/mol. The molecule has 4 heteroatoms. The zero-order valence-electron chi connectivity index (χ0n) is 11.2. The van der Waals surface area contributed by atoms with Gasteiger partial charge in [0.15, 0.2) is 0 Å². The van der Waals surface area contributed by atoms with Crippen molar-refractivity contribution in [3.05, 3.63) is 24.3 Å². The van der Waals surface area contributed by atoms with E-state index in [1.807, 2.05) is 12.1 Å². The number of amides is 1. The van der Waals surface area contributed by atoms with Crippen LogP contribution in [0.1, 0.15) is 25.7 Å². The Balaban J connectivity index is 1.73. The maximum absolute atomic E-state index is 11.9. The lowest BCUT2D eigenvalue weighted by Crippen LogP contribution is -2.34. The number of nitrogens with two attached hydrogens (primary N) is 1. The number of carbonyl (C=O) groups is 1. The second-order valence-electron chi connectivity index (χ2n) is 5.45. The van der Waals surface area contributed by atoms with Gasteiger partial charge in [-0.15, -0.1) is 0 Å². The van der Waals surface area contributed by atoms with Crippen LogP contribution in [-0.2, 0) is 4.79 Å². The quantitative estimate of drug-likeness (QED) is 0.880. The summed E-state index contributed by atoms with van der Waals surface area (Å²) < 4.78 is 0. The van der Waals surface area contributed by atoms with Gasteiger partial charge in [0.2, 0.25) is 5.91 Å². The molecule has 1 amide bonds. The van der Waals surface area contributed by atoms with E-state index in [9.17, 15) is 4.79 Å². The van der Waals surface area contributed by atoms with Gasteiger partial charge in [-0.1, -0.05) is 0 Å². The zero-order valence-corrected chi connectivity index (χ0v) is 11.2. The van der Waals surface area contributed by atoms with Gasteiger partial charge in [0.25, 0.3) is 0 Å². The fourth-order valence-corrected chi connectivity index (χ4v) is 2.95. The van der Waals surface area contributed by atoms with E-state index in [0.717, 1.165) is 31.7 Å². The first-order valence-electron chi connectivity index (χ1n) is 7.18. The molecule has 2 N–H and O–H groups in total. The Hall–Kier alpha value is -1.55. The summed E-state index contributed by atoms with van der Waals surface area (Å²) in [5, 5.41) is 0. The van der Waals surface area contributed by atoms with Crippen LogP contribution in [0.3, 0.4) is 0 Å². The number of carbonyl (C=O) groups excluding carboxylic acids is 1. The zero-order chi connectivity index (χ0) is 13.2. The summed E-state index contributed by atoms with van der Waals surface area (Å²) in [5.41, 5.74) is 7.99. The van der Waals surface area contributed by atoms with Crippen molar-refractivity contribution in [2.45, 2.75) is 31.7 Å². The number of anilines is 2. The number of piperidine rings is 1. The summed E-state index contributed by atoms with van der Waals surface area (Å²) in [6.07, 6.45) is 4.66. The molecule has 0 saturated carbocycles. The first kappa shape index (κ1) is 12.5. The van der Waals surface area contributed by atoms with Gasteiger partial charge < -0.3 is 15.5 Å². The van der Waals surface area contributed by atoms with Crippen LogP contribution in [0.2, 0.25) is 0 Å². The third kappa shape index (κ3) is 2.45. The van der Waals surface area contributed by atoms with Gasteiger partial charge in [0, 0.05) is 31.0 Å². The Bertz CT molecular complexity index is 451. The summed E-state index contributed by atoms with van der Waals surface area (Å²) in [7, 11) is 0. The number of benzene rings is 1. The standard InChI is InChI=1S/C15H21N3O/c16-14-8-11-18(15(14)19)13-6-4-12(5-7-13)17-9-2-1-3-10-17/h4-7,14H,1-3,8-11,16H2. The summed E-state index contributed by atoms with van der Waals surface area (Å²) in [6.45, 7) is 3.03. The molecule has 0 spiro atoms. The van der Waals surface area contributed by atoms with Gasteiger partial charge in [-0.2, -0.15) is 0 Å². The Morgan fingerprint density at radius 1 is 0.947 bits per heavy atom. The van der Waals surface area contributed by atoms with E-state index in [2.05, 4.69) is 17.0 Å². The van der Waals surface area contributed by atoms with Gasteiger partial charge >= 0.3 is 0 Å². The lowest BCUT2D eigenvalue weighted by Gasteiger charge is -2.29. The minimum Gasteiger partial charge on any atom is -0.372 e. The van der Waals surface area contributed by atoms with E-state index in [0.29, 0.717) is 0 Å². The predicted molar refractivity (Wildman–Crippen MR) is 77.5 cm³/mol.